The van der Waals surface area contributed by atoms with E-state index in [2.05, 4.69) is 9.97 Å². The minimum absolute atomic E-state index is 0.0632. The number of aromatic nitrogens is 2. The highest BCUT2D eigenvalue weighted by Crippen LogP contribution is 2.26. The van der Waals surface area contributed by atoms with Gasteiger partial charge in [-0.2, -0.15) is 0 Å². The fourth-order valence-corrected chi connectivity index (χ4v) is 2.50. The molecule has 3 aromatic rings. The van der Waals surface area contributed by atoms with Crippen LogP contribution in [-0.4, -0.2) is 15.8 Å². The number of ketones is 1. The summed E-state index contributed by atoms with van der Waals surface area (Å²) in [4.78, 5) is 29.0. The standard InChI is InChI=1S/C12H8N2O3S/c1-6(15)9-5-18-11(13-9)7-2-3-8-10(4-7)17-12(16)14-8/h2-5H,1H3,(H,14,16). The van der Waals surface area contributed by atoms with E-state index in [-0.39, 0.29) is 5.78 Å². The molecular formula is C12H8N2O3S. The number of benzene rings is 1. The van der Waals surface area contributed by atoms with Crippen LogP contribution in [0.2, 0.25) is 0 Å². The van der Waals surface area contributed by atoms with Crippen LogP contribution in [0, 0.1) is 0 Å². The van der Waals surface area contributed by atoms with Gasteiger partial charge in [0.15, 0.2) is 11.4 Å². The molecule has 1 N–H and O–H groups in total. The molecule has 0 unspecified atom stereocenters. The monoisotopic (exact) mass is 260 g/mol. The first-order valence-electron chi connectivity index (χ1n) is 5.23. The smallest absolute Gasteiger partial charge is 0.408 e. The third-order valence-electron chi connectivity index (χ3n) is 2.53. The van der Waals surface area contributed by atoms with E-state index in [0.717, 1.165) is 10.6 Å². The Morgan fingerprint density at radius 1 is 1.44 bits per heavy atom. The van der Waals surface area contributed by atoms with E-state index in [1.807, 2.05) is 6.07 Å². The van der Waals surface area contributed by atoms with Gasteiger partial charge in [0.25, 0.3) is 0 Å². The Bertz CT molecular complexity index is 797. The summed E-state index contributed by atoms with van der Waals surface area (Å²) in [6.45, 7) is 1.48. The zero-order chi connectivity index (χ0) is 12.7. The Hall–Kier alpha value is -2.21. The molecule has 90 valence electrons. The molecule has 0 bridgehead atoms. The van der Waals surface area contributed by atoms with E-state index >= 15 is 0 Å². The predicted molar refractivity (Wildman–Crippen MR) is 67.9 cm³/mol. The number of H-pyrrole nitrogens is 1. The number of nitrogens with one attached hydrogen (secondary N) is 1. The molecule has 0 aliphatic heterocycles. The Labute approximate surface area is 105 Å². The molecule has 0 atom stereocenters. The van der Waals surface area contributed by atoms with Gasteiger partial charge in [-0.3, -0.25) is 9.78 Å². The van der Waals surface area contributed by atoms with Crippen molar-refractivity contribution in [2.45, 2.75) is 6.92 Å². The van der Waals surface area contributed by atoms with Gasteiger partial charge in [-0.25, -0.2) is 9.78 Å². The summed E-state index contributed by atoms with van der Waals surface area (Å²) in [5.41, 5.74) is 2.40. The zero-order valence-electron chi connectivity index (χ0n) is 9.39. The van der Waals surface area contributed by atoms with Crippen molar-refractivity contribution in [2.24, 2.45) is 0 Å². The maximum absolute atomic E-state index is 11.2. The van der Waals surface area contributed by atoms with Gasteiger partial charge in [0, 0.05) is 17.9 Å². The lowest BCUT2D eigenvalue weighted by Gasteiger charge is -1.94. The number of aromatic amines is 1. The predicted octanol–water partition coefficient (Wildman–Crippen LogP) is 2.45. The van der Waals surface area contributed by atoms with Crippen molar-refractivity contribution in [3.05, 3.63) is 39.8 Å². The first-order valence-corrected chi connectivity index (χ1v) is 6.11. The molecule has 0 saturated heterocycles. The molecule has 5 nitrogen and oxygen atoms in total. The highest BCUT2D eigenvalue weighted by molar-refractivity contribution is 7.13. The summed E-state index contributed by atoms with van der Waals surface area (Å²) >= 11 is 1.38. The lowest BCUT2D eigenvalue weighted by atomic mass is 10.2. The summed E-state index contributed by atoms with van der Waals surface area (Å²) in [5, 5.41) is 2.45. The van der Waals surface area contributed by atoms with Gasteiger partial charge in [0.05, 0.1) is 5.52 Å². The van der Waals surface area contributed by atoms with Gasteiger partial charge in [0.1, 0.15) is 10.7 Å². The van der Waals surface area contributed by atoms with E-state index in [1.54, 1.807) is 17.5 Å². The summed E-state index contributed by atoms with van der Waals surface area (Å²) < 4.78 is 4.98. The van der Waals surface area contributed by atoms with Crippen molar-refractivity contribution < 1.29 is 9.21 Å². The molecule has 18 heavy (non-hydrogen) atoms. The van der Waals surface area contributed by atoms with E-state index in [4.69, 9.17) is 4.42 Å². The number of hydrogen-bond acceptors (Lipinski definition) is 5. The largest absolute Gasteiger partial charge is 0.417 e. The fourth-order valence-electron chi connectivity index (χ4n) is 1.65. The van der Waals surface area contributed by atoms with Crippen LogP contribution < -0.4 is 5.76 Å². The lowest BCUT2D eigenvalue weighted by molar-refractivity contribution is 0.101. The number of fused-ring (bicyclic) bond motifs is 1. The number of thiazole rings is 1. The van der Waals surface area contributed by atoms with Gasteiger partial charge in [-0.05, 0) is 18.2 Å². The molecule has 0 spiro atoms. The van der Waals surface area contributed by atoms with Gasteiger partial charge in [-0.15, -0.1) is 11.3 Å². The molecule has 2 aromatic heterocycles. The van der Waals surface area contributed by atoms with Gasteiger partial charge in [0.2, 0.25) is 0 Å². The quantitative estimate of drug-likeness (QED) is 0.718. The van der Waals surface area contributed by atoms with E-state index in [0.29, 0.717) is 16.8 Å². The van der Waals surface area contributed by atoms with Crippen LogP contribution in [0.4, 0.5) is 0 Å². The molecule has 2 heterocycles. The Balaban J connectivity index is 2.12. The minimum Gasteiger partial charge on any atom is -0.408 e. The molecule has 6 heteroatoms. The fraction of sp³-hybridized carbons (Fsp3) is 0.0833. The van der Waals surface area contributed by atoms with E-state index < -0.39 is 5.76 Å². The van der Waals surface area contributed by atoms with Gasteiger partial charge in [-0.1, -0.05) is 0 Å². The second-order valence-corrected chi connectivity index (χ2v) is 4.68. The normalized spacial score (nSPS) is 10.9. The maximum Gasteiger partial charge on any atom is 0.417 e. The molecule has 3 rings (SSSR count). The van der Waals surface area contributed by atoms with Crippen LogP contribution in [0.5, 0.6) is 0 Å². The molecule has 0 fully saturated rings. The van der Waals surface area contributed by atoms with Gasteiger partial charge >= 0.3 is 5.76 Å². The maximum atomic E-state index is 11.2. The number of oxazole rings is 1. The topological polar surface area (TPSA) is 76.0 Å². The Morgan fingerprint density at radius 3 is 3.00 bits per heavy atom. The van der Waals surface area contributed by atoms with Crippen LogP contribution in [0.3, 0.4) is 0 Å². The highest BCUT2D eigenvalue weighted by Gasteiger charge is 2.09. The Morgan fingerprint density at radius 2 is 2.28 bits per heavy atom. The second-order valence-electron chi connectivity index (χ2n) is 3.82. The minimum atomic E-state index is -0.481. The van der Waals surface area contributed by atoms with Crippen molar-refractivity contribution in [3.8, 4) is 10.6 Å². The van der Waals surface area contributed by atoms with Crippen LogP contribution in [0.25, 0.3) is 21.7 Å². The molecule has 0 aliphatic rings. The first-order chi connectivity index (χ1) is 8.63. The van der Waals surface area contributed by atoms with Crippen LogP contribution >= 0.6 is 11.3 Å². The van der Waals surface area contributed by atoms with Crippen molar-refractivity contribution in [2.75, 3.05) is 0 Å². The molecular weight excluding hydrogens is 252 g/mol. The average molecular weight is 260 g/mol. The SMILES string of the molecule is CC(=O)c1csc(-c2ccc3[nH]c(=O)oc3c2)n1. The number of Topliss-reactive ketones (excluding diaryl/α,β-unsaturated/α-hetero) is 1. The highest BCUT2D eigenvalue weighted by atomic mass is 32.1. The van der Waals surface area contributed by atoms with Crippen molar-refractivity contribution in [1.29, 1.82) is 0 Å². The number of carbonyl (C=O) groups excluding carboxylic acids is 1. The van der Waals surface area contributed by atoms with Crippen LogP contribution in [-0.2, 0) is 0 Å². The lowest BCUT2D eigenvalue weighted by Crippen LogP contribution is -1.92. The number of nitrogens with zero attached hydrogens (tertiary/aromatic N) is 1. The van der Waals surface area contributed by atoms with Crippen molar-refractivity contribution in [1.82, 2.24) is 9.97 Å². The van der Waals surface area contributed by atoms with E-state index in [9.17, 15) is 9.59 Å². The summed E-state index contributed by atoms with van der Waals surface area (Å²) in [6.07, 6.45) is 0. The number of carbonyl (C=O) groups is 1. The van der Waals surface area contributed by atoms with E-state index in [1.165, 1.54) is 18.3 Å². The number of hydrogen-bond donors (Lipinski definition) is 1. The van der Waals surface area contributed by atoms with Gasteiger partial charge < -0.3 is 4.42 Å². The third kappa shape index (κ3) is 1.76. The third-order valence-corrected chi connectivity index (χ3v) is 3.42. The first kappa shape index (κ1) is 10.9. The Kier molecular flexibility index (Phi) is 2.38. The summed E-state index contributed by atoms with van der Waals surface area (Å²) in [6, 6.07) is 5.32. The van der Waals surface area contributed by atoms with Crippen molar-refractivity contribution >= 4 is 28.2 Å². The van der Waals surface area contributed by atoms with Crippen molar-refractivity contribution in [3.63, 3.8) is 0 Å². The molecule has 0 amide bonds. The molecule has 0 radical (unpaired) electrons. The summed E-state index contributed by atoms with van der Waals surface area (Å²) in [5.74, 6) is -0.544. The molecule has 1 aromatic carbocycles. The molecule has 0 saturated carbocycles. The average Bonchev–Trinajstić information content (AvgIpc) is 2.91. The van der Waals surface area contributed by atoms with Crippen LogP contribution in [0.15, 0.2) is 32.8 Å². The van der Waals surface area contributed by atoms with Crippen LogP contribution in [0.1, 0.15) is 17.4 Å². The second kappa shape index (κ2) is 3.92. The zero-order valence-corrected chi connectivity index (χ0v) is 10.2. The number of rotatable bonds is 2. The molecule has 0 aliphatic carbocycles. The summed E-state index contributed by atoms with van der Waals surface area (Å²) in [7, 11) is 0.